The van der Waals surface area contributed by atoms with E-state index < -0.39 is 5.92 Å². The Morgan fingerprint density at radius 1 is 1.21 bits per heavy atom. The molecule has 0 bridgehead atoms. The van der Waals surface area contributed by atoms with E-state index in [1.165, 1.54) is 13.1 Å². The van der Waals surface area contributed by atoms with Gasteiger partial charge in [0.15, 0.2) is 0 Å². The minimum Gasteiger partial charge on any atom is -0.373 e. The molecule has 0 unspecified atom stereocenters. The summed E-state index contributed by atoms with van der Waals surface area (Å²) >= 11 is 0. The summed E-state index contributed by atoms with van der Waals surface area (Å²) in [5.74, 6) is -2.26. The van der Waals surface area contributed by atoms with Gasteiger partial charge < -0.3 is 5.32 Å². The lowest BCUT2D eigenvalue weighted by Gasteiger charge is -2.13. The monoisotopic (exact) mass is 264 g/mol. The molecule has 0 aliphatic carbocycles. The highest BCUT2D eigenvalue weighted by Gasteiger charge is 2.31. The Morgan fingerprint density at radius 2 is 2.00 bits per heavy atom. The van der Waals surface area contributed by atoms with Crippen molar-refractivity contribution in [1.29, 1.82) is 0 Å². The van der Waals surface area contributed by atoms with Crippen LogP contribution in [0.3, 0.4) is 0 Å². The molecule has 6 heteroatoms. The number of anilines is 1. The van der Waals surface area contributed by atoms with E-state index >= 15 is 0 Å². The molecule has 0 amide bonds. The normalized spacial score (nSPS) is 11.4. The number of pyridine rings is 1. The molecule has 2 aromatic heterocycles. The molecule has 100 valence electrons. The van der Waals surface area contributed by atoms with Gasteiger partial charge in [0.25, 0.3) is 5.92 Å². The third-order valence-corrected chi connectivity index (χ3v) is 2.77. The second kappa shape index (κ2) is 5.26. The van der Waals surface area contributed by atoms with E-state index in [9.17, 15) is 8.78 Å². The van der Waals surface area contributed by atoms with Gasteiger partial charge in [-0.15, -0.1) is 0 Å². The predicted molar refractivity (Wildman–Crippen MR) is 69.0 cm³/mol. The third-order valence-electron chi connectivity index (χ3n) is 2.77. The zero-order chi connectivity index (χ0) is 13.9. The van der Waals surface area contributed by atoms with Crippen molar-refractivity contribution in [2.24, 2.45) is 0 Å². The van der Waals surface area contributed by atoms with Crippen molar-refractivity contribution in [3.05, 3.63) is 36.4 Å². The van der Waals surface area contributed by atoms with Gasteiger partial charge >= 0.3 is 0 Å². The average Bonchev–Trinajstić information content (AvgIpc) is 2.47. The maximum absolute atomic E-state index is 13.6. The highest BCUT2D eigenvalue weighted by Crippen LogP contribution is 2.30. The Kier molecular flexibility index (Phi) is 3.69. The largest absolute Gasteiger partial charge is 0.373 e. The van der Waals surface area contributed by atoms with Crippen LogP contribution < -0.4 is 5.32 Å². The van der Waals surface area contributed by atoms with Crippen LogP contribution in [0.4, 0.5) is 14.6 Å². The fourth-order valence-electron chi connectivity index (χ4n) is 1.56. The van der Waals surface area contributed by atoms with Crippen molar-refractivity contribution in [3.8, 4) is 11.3 Å². The van der Waals surface area contributed by atoms with Crippen molar-refractivity contribution in [2.45, 2.75) is 19.3 Å². The lowest BCUT2D eigenvalue weighted by Crippen LogP contribution is -2.14. The molecule has 0 spiro atoms. The van der Waals surface area contributed by atoms with Gasteiger partial charge in [0.2, 0.25) is 0 Å². The molecule has 4 nitrogen and oxygen atoms in total. The standard InChI is InChI=1S/C13H14F2N4/c1-3-13(14,15)11-8-17-7-10(19-11)9-4-5-12(16-2)18-6-9/h4-8H,3H2,1-2H3,(H,16,18). The summed E-state index contributed by atoms with van der Waals surface area (Å²) in [6.45, 7) is 1.41. The molecule has 0 fully saturated rings. The summed E-state index contributed by atoms with van der Waals surface area (Å²) < 4.78 is 27.1. The van der Waals surface area contributed by atoms with Gasteiger partial charge in [0.1, 0.15) is 11.5 Å². The second-order valence-corrected chi connectivity index (χ2v) is 4.03. The fourth-order valence-corrected chi connectivity index (χ4v) is 1.56. The molecular weight excluding hydrogens is 250 g/mol. The molecule has 0 aliphatic heterocycles. The number of hydrogen-bond donors (Lipinski definition) is 1. The van der Waals surface area contributed by atoms with Gasteiger partial charge in [0.05, 0.1) is 18.1 Å². The van der Waals surface area contributed by atoms with Gasteiger partial charge in [-0.1, -0.05) is 6.92 Å². The van der Waals surface area contributed by atoms with Crippen LogP contribution in [0.2, 0.25) is 0 Å². The van der Waals surface area contributed by atoms with Gasteiger partial charge in [-0.05, 0) is 12.1 Å². The Hall–Kier alpha value is -2.11. The number of rotatable bonds is 4. The summed E-state index contributed by atoms with van der Waals surface area (Å²) in [5.41, 5.74) is 0.728. The summed E-state index contributed by atoms with van der Waals surface area (Å²) in [6, 6.07) is 3.51. The molecule has 1 N–H and O–H groups in total. The van der Waals surface area contributed by atoms with E-state index in [1.54, 1.807) is 25.4 Å². The van der Waals surface area contributed by atoms with Crippen molar-refractivity contribution in [1.82, 2.24) is 15.0 Å². The highest BCUT2D eigenvalue weighted by atomic mass is 19.3. The van der Waals surface area contributed by atoms with Gasteiger partial charge in [-0.3, -0.25) is 4.98 Å². The number of halogens is 2. The first kappa shape index (κ1) is 13.3. The van der Waals surface area contributed by atoms with E-state index in [0.717, 1.165) is 6.20 Å². The number of nitrogens with zero attached hydrogens (tertiary/aromatic N) is 3. The number of aromatic nitrogens is 3. The molecule has 0 radical (unpaired) electrons. The molecule has 19 heavy (non-hydrogen) atoms. The Bertz CT molecular complexity index is 555. The zero-order valence-corrected chi connectivity index (χ0v) is 10.7. The summed E-state index contributed by atoms with van der Waals surface area (Å²) in [7, 11) is 1.75. The molecule has 0 aromatic carbocycles. The summed E-state index contributed by atoms with van der Waals surface area (Å²) in [5, 5.41) is 2.88. The first-order valence-corrected chi connectivity index (χ1v) is 5.91. The van der Waals surface area contributed by atoms with Crippen LogP contribution in [0.1, 0.15) is 19.0 Å². The first-order valence-electron chi connectivity index (χ1n) is 5.91. The summed E-state index contributed by atoms with van der Waals surface area (Å²) in [6.07, 6.45) is 3.82. The average molecular weight is 264 g/mol. The van der Waals surface area contributed by atoms with E-state index in [4.69, 9.17) is 0 Å². The second-order valence-electron chi connectivity index (χ2n) is 4.03. The number of hydrogen-bond acceptors (Lipinski definition) is 4. The van der Waals surface area contributed by atoms with Crippen molar-refractivity contribution < 1.29 is 8.78 Å². The maximum atomic E-state index is 13.6. The van der Waals surface area contributed by atoms with E-state index in [2.05, 4.69) is 20.3 Å². The Labute approximate surface area is 109 Å². The molecule has 0 aliphatic rings. The van der Waals surface area contributed by atoms with Crippen molar-refractivity contribution >= 4 is 5.82 Å². The van der Waals surface area contributed by atoms with E-state index in [-0.39, 0.29) is 12.1 Å². The highest BCUT2D eigenvalue weighted by molar-refractivity contribution is 5.58. The van der Waals surface area contributed by atoms with Gasteiger partial charge in [-0.2, -0.15) is 8.78 Å². The van der Waals surface area contributed by atoms with Crippen LogP contribution in [0, 0.1) is 0 Å². The minimum atomic E-state index is -2.96. The van der Waals surface area contributed by atoms with Gasteiger partial charge in [0, 0.05) is 25.2 Å². The lowest BCUT2D eigenvalue weighted by molar-refractivity contribution is -0.0130. The topological polar surface area (TPSA) is 50.7 Å². The number of alkyl halides is 2. The predicted octanol–water partition coefficient (Wildman–Crippen LogP) is 3.08. The lowest BCUT2D eigenvalue weighted by atomic mass is 10.1. The van der Waals surface area contributed by atoms with E-state index in [1.807, 2.05) is 0 Å². The van der Waals surface area contributed by atoms with E-state index in [0.29, 0.717) is 17.1 Å². The number of nitrogens with one attached hydrogen (secondary N) is 1. The Balaban J connectivity index is 2.37. The molecule has 0 atom stereocenters. The molecule has 2 aromatic rings. The Morgan fingerprint density at radius 3 is 2.58 bits per heavy atom. The molecule has 0 saturated heterocycles. The van der Waals surface area contributed by atoms with Crippen LogP contribution >= 0.6 is 0 Å². The van der Waals surface area contributed by atoms with Crippen LogP contribution in [0.25, 0.3) is 11.3 Å². The van der Waals surface area contributed by atoms with Crippen LogP contribution in [-0.4, -0.2) is 22.0 Å². The molecule has 0 saturated carbocycles. The fraction of sp³-hybridized carbons (Fsp3) is 0.308. The van der Waals surface area contributed by atoms with Crippen LogP contribution in [0.15, 0.2) is 30.7 Å². The first-order chi connectivity index (χ1) is 9.06. The molecule has 2 heterocycles. The smallest absolute Gasteiger partial charge is 0.290 e. The quantitative estimate of drug-likeness (QED) is 0.922. The van der Waals surface area contributed by atoms with Gasteiger partial charge in [-0.25, -0.2) is 9.97 Å². The third kappa shape index (κ3) is 2.83. The van der Waals surface area contributed by atoms with Crippen molar-refractivity contribution in [2.75, 3.05) is 12.4 Å². The zero-order valence-electron chi connectivity index (χ0n) is 10.7. The van der Waals surface area contributed by atoms with Crippen LogP contribution in [0.5, 0.6) is 0 Å². The van der Waals surface area contributed by atoms with Crippen molar-refractivity contribution in [3.63, 3.8) is 0 Å². The maximum Gasteiger partial charge on any atom is 0.290 e. The molecular formula is C13H14F2N4. The SMILES string of the molecule is CCC(F)(F)c1cncc(-c2ccc(NC)nc2)n1. The van der Waals surface area contributed by atoms with Crippen LogP contribution in [-0.2, 0) is 5.92 Å². The minimum absolute atomic E-state index is 0.303. The molecule has 2 rings (SSSR count). The summed E-state index contributed by atoms with van der Waals surface area (Å²) in [4.78, 5) is 11.9.